The lowest BCUT2D eigenvalue weighted by Crippen LogP contribution is -2.49. The van der Waals surface area contributed by atoms with Crippen molar-refractivity contribution in [2.75, 3.05) is 53.4 Å². The number of aliphatic hydroxyl groups excluding tert-OH is 1. The van der Waals surface area contributed by atoms with Crippen molar-refractivity contribution in [1.29, 1.82) is 0 Å². The highest BCUT2D eigenvalue weighted by molar-refractivity contribution is 5.76. The first-order valence-electron chi connectivity index (χ1n) is 9.27. The average molecular weight is 325 g/mol. The van der Waals surface area contributed by atoms with Gasteiger partial charge in [0.25, 0.3) is 0 Å². The van der Waals surface area contributed by atoms with Crippen LogP contribution < -0.4 is 0 Å². The highest BCUT2D eigenvalue weighted by Crippen LogP contribution is 2.30. The van der Waals surface area contributed by atoms with Crippen LogP contribution in [0.25, 0.3) is 0 Å². The number of hydrogen-bond acceptors (Lipinski definition) is 4. The van der Waals surface area contributed by atoms with Crippen molar-refractivity contribution in [3.05, 3.63) is 0 Å². The zero-order chi connectivity index (χ0) is 16.8. The molecule has 2 rings (SSSR count). The SMILES string of the molecule is CC1CCCC(CC(=O)N(C)CC(O)CN2CCN(C)CC2)C1. The van der Waals surface area contributed by atoms with Crippen LogP contribution in [0.5, 0.6) is 0 Å². The Bertz CT molecular complexity index is 369. The Balaban J connectivity index is 1.68. The van der Waals surface area contributed by atoms with Crippen molar-refractivity contribution in [2.24, 2.45) is 11.8 Å². The van der Waals surface area contributed by atoms with Gasteiger partial charge in [-0.1, -0.05) is 19.8 Å². The minimum atomic E-state index is -0.447. The fourth-order valence-electron chi connectivity index (χ4n) is 3.95. The fourth-order valence-corrected chi connectivity index (χ4v) is 3.95. The van der Waals surface area contributed by atoms with Gasteiger partial charge >= 0.3 is 0 Å². The second-order valence-electron chi connectivity index (χ2n) is 7.87. The predicted octanol–water partition coefficient (Wildman–Crippen LogP) is 1.27. The van der Waals surface area contributed by atoms with Crippen LogP contribution in [-0.4, -0.2) is 85.2 Å². The summed E-state index contributed by atoms with van der Waals surface area (Å²) in [6.07, 6.45) is 5.15. The molecule has 1 aliphatic heterocycles. The van der Waals surface area contributed by atoms with E-state index >= 15 is 0 Å². The number of rotatable bonds is 6. The summed E-state index contributed by atoms with van der Waals surface area (Å²) in [6, 6.07) is 0. The molecular formula is C18H35N3O2. The topological polar surface area (TPSA) is 47.0 Å². The van der Waals surface area contributed by atoms with Crippen molar-refractivity contribution in [3.63, 3.8) is 0 Å². The zero-order valence-corrected chi connectivity index (χ0v) is 15.2. The maximum Gasteiger partial charge on any atom is 0.222 e. The van der Waals surface area contributed by atoms with E-state index in [4.69, 9.17) is 0 Å². The molecule has 3 atom stereocenters. The molecule has 0 aromatic rings. The number of aliphatic hydroxyl groups is 1. The molecule has 134 valence electrons. The molecule has 0 aromatic heterocycles. The highest BCUT2D eigenvalue weighted by atomic mass is 16.3. The van der Waals surface area contributed by atoms with Crippen LogP contribution in [0.1, 0.15) is 39.0 Å². The van der Waals surface area contributed by atoms with Crippen molar-refractivity contribution in [1.82, 2.24) is 14.7 Å². The van der Waals surface area contributed by atoms with Gasteiger partial charge < -0.3 is 14.9 Å². The molecule has 23 heavy (non-hydrogen) atoms. The fraction of sp³-hybridized carbons (Fsp3) is 0.944. The summed E-state index contributed by atoms with van der Waals surface area (Å²) >= 11 is 0. The molecule has 1 heterocycles. The van der Waals surface area contributed by atoms with Gasteiger partial charge in [-0.25, -0.2) is 0 Å². The molecular weight excluding hydrogens is 290 g/mol. The number of amides is 1. The number of hydrogen-bond donors (Lipinski definition) is 1. The Morgan fingerprint density at radius 3 is 2.61 bits per heavy atom. The molecule has 2 fully saturated rings. The molecule has 0 aromatic carbocycles. The van der Waals surface area contributed by atoms with Gasteiger partial charge in [0.1, 0.15) is 0 Å². The van der Waals surface area contributed by atoms with Crippen LogP contribution >= 0.6 is 0 Å². The normalized spacial score (nSPS) is 28.5. The Morgan fingerprint density at radius 2 is 1.96 bits per heavy atom. The maximum absolute atomic E-state index is 12.4. The third-order valence-electron chi connectivity index (χ3n) is 5.48. The Morgan fingerprint density at radius 1 is 1.26 bits per heavy atom. The summed E-state index contributed by atoms with van der Waals surface area (Å²) in [6.45, 7) is 7.54. The number of likely N-dealkylation sites (N-methyl/N-ethyl adjacent to an activating group) is 2. The third-order valence-corrected chi connectivity index (χ3v) is 5.48. The summed E-state index contributed by atoms with van der Waals surface area (Å²) in [5, 5.41) is 10.3. The van der Waals surface area contributed by atoms with Crippen LogP contribution in [-0.2, 0) is 4.79 Å². The summed E-state index contributed by atoms with van der Waals surface area (Å²) in [4.78, 5) is 18.7. The first kappa shape index (κ1) is 18.7. The minimum absolute atomic E-state index is 0.196. The van der Waals surface area contributed by atoms with Gasteiger partial charge in [0.2, 0.25) is 5.91 Å². The summed E-state index contributed by atoms with van der Waals surface area (Å²) in [5.41, 5.74) is 0. The van der Waals surface area contributed by atoms with Gasteiger partial charge in [0.05, 0.1) is 6.10 Å². The van der Waals surface area contributed by atoms with Crippen LogP contribution in [0.3, 0.4) is 0 Å². The molecule has 2 aliphatic rings. The standard InChI is InChI=1S/C18H35N3O2/c1-15-5-4-6-16(11-15)12-18(23)20(3)13-17(22)14-21-9-7-19(2)8-10-21/h15-17,22H,4-14H2,1-3H3. The molecule has 1 amide bonds. The molecule has 1 N–H and O–H groups in total. The van der Waals surface area contributed by atoms with E-state index in [1.54, 1.807) is 4.90 Å². The highest BCUT2D eigenvalue weighted by Gasteiger charge is 2.24. The van der Waals surface area contributed by atoms with E-state index in [9.17, 15) is 9.90 Å². The molecule has 5 heteroatoms. The molecule has 0 bridgehead atoms. The molecule has 1 aliphatic carbocycles. The molecule has 5 nitrogen and oxygen atoms in total. The van der Waals surface area contributed by atoms with Crippen LogP contribution in [0.4, 0.5) is 0 Å². The third kappa shape index (κ3) is 6.40. The molecule has 1 saturated heterocycles. The summed E-state index contributed by atoms with van der Waals surface area (Å²) in [7, 11) is 3.97. The van der Waals surface area contributed by atoms with Crippen LogP contribution in [0, 0.1) is 11.8 Å². The van der Waals surface area contributed by atoms with E-state index in [2.05, 4.69) is 23.8 Å². The smallest absolute Gasteiger partial charge is 0.222 e. The summed E-state index contributed by atoms with van der Waals surface area (Å²) in [5.74, 6) is 1.50. The van der Waals surface area contributed by atoms with E-state index in [1.807, 2.05) is 7.05 Å². The van der Waals surface area contributed by atoms with Crippen LogP contribution in [0.2, 0.25) is 0 Å². The second-order valence-corrected chi connectivity index (χ2v) is 7.87. The lowest BCUT2D eigenvalue weighted by Gasteiger charge is -2.34. The number of carbonyl (C=O) groups is 1. The zero-order valence-electron chi connectivity index (χ0n) is 15.2. The molecule has 3 unspecified atom stereocenters. The van der Waals surface area contributed by atoms with Gasteiger partial charge in [-0.3, -0.25) is 9.69 Å². The molecule has 1 saturated carbocycles. The lowest BCUT2D eigenvalue weighted by atomic mass is 9.80. The van der Waals surface area contributed by atoms with Crippen molar-refractivity contribution in [2.45, 2.75) is 45.1 Å². The van der Waals surface area contributed by atoms with Gasteiger partial charge in [-0.2, -0.15) is 0 Å². The number of β-amino-alcohol motifs (C(OH)–C–C–N with tert-alkyl or cyclic N) is 1. The van der Waals surface area contributed by atoms with Gasteiger partial charge in [0.15, 0.2) is 0 Å². The van der Waals surface area contributed by atoms with Crippen LogP contribution in [0.15, 0.2) is 0 Å². The predicted molar refractivity (Wildman–Crippen MR) is 93.3 cm³/mol. The minimum Gasteiger partial charge on any atom is -0.390 e. The first-order valence-corrected chi connectivity index (χ1v) is 9.27. The van der Waals surface area contributed by atoms with Gasteiger partial charge in [0, 0.05) is 52.7 Å². The van der Waals surface area contributed by atoms with Crippen molar-refractivity contribution >= 4 is 5.91 Å². The van der Waals surface area contributed by atoms with Crippen molar-refractivity contribution < 1.29 is 9.90 Å². The number of nitrogens with zero attached hydrogens (tertiary/aromatic N) is 3. The van der Waals surface area contributed by atoms with Gasteiger partial charge in [-0.05, 0) is 31.7 Å². The Labute approximate surface area is 141 Å². The quantitative estimate of drug-likeness (QED) is 0.799. The van der Waals surface area contributed by atoms with Gasteiger partial charge in [-0.15, -0.1) is 0 Å². The van der Waals surface area contributed by atoms with E-state index in [-0.39, 0.29) is 5.91 Å². The number of piperazine rings is 1. The average Bonchev–Trinajstić information content (AvgIpc) is 2.49. The maximum atomic E-state index is 12.4. The van der Waals surface area contributed by atoms with E-state index in [0.29, 0.717) is 25.4 Å². The number of carbonyl (C=O) groups excluding carboxylic acids is 1. The molecule has 0 radical (unpaired) electrons. The van der Waals surface area contributed by atoms with Crippen molar-refractivity contribution in [3.8, 4) is 0 Å². The largest absolute Gasteiger partial charge is 0.390 e. The Hall–Kier alpha value is -0.650. The Kier molecular flexibility index (Phi) is 7.31. The molecule has 0 spiro atoms. The first-order chi connectivity index (χ1) is 10.9. The monoisotopic (exact) mass is 325 g/mol. The lowest BCUT2D eigenvalue weighted by molar-refractivity contribution is -0.132. The second kappa shape index (κ2) is 9.00. The van der Waals surface area contributed by atoms with E-state index < -0.39 is 6.10 Å². The van der Waals surface area contributed by atoms with E-state index in [0.717, 1.165) is 32.1 Å². The van der Waals surface area contributed by atoms with E-state index in [1.165, 1.54) is 25.7 Å². The summed E-state index contributed by atoms with van der Waals surface area (Å²) < 4.78 is 0.